The van der Waals surface area contributed by atoms with Gasteiger partial charge in [-0.15, -0.1) is 0 Å². The van der Waals surface area contributed by atoms with Crippen LogP contribution in [-0.4, -0.2) is 45.3 Å². The highest BCUT2D eigenvalue weighted by atomic mass is 19.4. The maximum absolute atomic E-state index is 13.5. The molecule has 1 saturated carbocycles. The molecule has 1 aliphatic heterocycles. The minimum absolute atomic E-state index is 0.0313. The van der Waals surface area contributed by atoms with E-state index in [2.05, 4.69) is 4.99 Å². The Bertz CT molecular complexity index is 1180. The van der Waals surface area contributed by atoms with E-state index in [-0.39, 0.29) is 29.4 Å². The summed E-state index contributed by atoms with van der Waals surface area (Å²) in [5.41, 5.74) is -1.29. The van der Waals surface area contributed by atoms with Crippen LogP contribution in [0.3, 0.4) is 0 Å². The van der Waals surface area contributed by atoms with Gasteiger partial charge >= 0.3 is 6.18 Å². The molecule has 1 aromatic heterocycles. The second-order valence-electron chi connectivity index (χ2n) is 10.9. The van der Waals surface area contributed by atoms with Crippen LogP contribution in [0.15, 0.2) is 29.3 Å². The molecule has 2 aliphatic rings. The highest BCUT2D eigenvalue weighted by Crippen LogP contribution is 2.35. The molecule has 1 aromatic carbocycles. The summed E-state index contributed by atoms with van der Waals surface area (Å²) in [4.78, 5) is 17.6. The number of alkyl halides is 3. The van der Waals surface area contributed by atoms with E-state index in [1.165, 1.54) is 0 Å². The van der Waals surface area contributed by atoms with Gasteiger partial charge in [-0.05, 0) is 50.3 Å². The van der Waals surface area contributed by atoms with Crippen LogP contribution in [0.5, 0.6) is 5.75 Å². The smallest absolute Gasteiger partial charge is 0.416 e. The summed E-state index contributed by atoms with van der Waals surface area (Å²) < 4.78 is 55.6. The zero-order valence-corrected chi connectivity index (χ0v) is 21.2. The lowest BCUT2D eigenvalue weighted by atomic mass is 9.81. The third-order valence-corrected chi connectivity index (χ3v) is 6.94. The molecule has 1 amide bonds. The normalized spacial score (nSPS) is 20.4. The number of carbonyl (C=O) groups excluding carboxylic acids is 1. The number of halogens is 3. The van der Waals surface area contributed by atoms with Gasteiger partial charge in [0.05, 0.1) is 29.4 Å². The summed E-state index contributed by atoms with van der Waals surface area (Å²) >= 11 is 0. The summed E-state index contributed by atoms with van der Waals surface area (Å²) in [5.74, 6) is -0.876. The molecule has 4 rings (SSSR count). The Labute approximate surface area is 208 Å². The number of amides is 1. The second kappa shape index (κ2) is 9.70. The fourth-order valence-corrected chi connectivity index (χ4v) is 4.67. The highest BCUT2D eigenvalue weighted by molar-refractivity contribution is 5.97. The molecule has 0 spiro atoms. The second-order valence-corrected chi connectivity index (χ2v) is 10.9. The van der Waals surface area contributed by atoms with Crippen LogP contribution >= 0.6 is 0 Å². The van der Waals surface area contributed by atoms with Gasteiger partial charge < -0.3 is 14.6 Å². The van der Waals surface area contributed by atoms with Crippen molar-refractivity contribution in [1.29, 1.82) is 0 Å². The van der Waals surface area contributed by atoms with E-state index < -0.39 is 23.2 Å². The molecule has 2 aromatic rings. The number of aromatic nitrogens is 2. The Morgan fingerprint density at radius 3 is 2.50 bits per heavy atom. The van der Waals surface area contributed by atoms with Gasteiger partial charge in [-0.2, -0.15) is 18.2 Å². The SMILES string of the molecule is Cn1c(C(C)(C)C)c/c(=N\C(=O)c2cc(C(F)(F)F)ccc2OCC2(O)CCC2)n1C[C@H]1CCCO1. The molecular formula is C26H34F3N3O4. The van der Waals surface area contributed by atoms with Gasteiger partial charge in [-0.3, -0.25) is 14.2 Å². The summed E-state index contributed by atoms with van der Waals surface area (Å²) in [6, 6.07) is 4.55. The number of ether oxygens (including phenoxy) is 2. The van der Waals surface area contributed by atoms with Gasteiger partial charge in [-0.25, -0.2) is 0 Å². The fourth-order valence-electron chi connectivity index (χ4n) is 4.67. The largest absolute Gasteiger partial charge is 0.490 e. The maximum atomic E-state index is 13.5. The molecule has 2 heterocycles. The molecule has 36 heavy (non-hydrogen) atoms. The van der Waals surface area contributed by atoms with Gasteiger partial charge in [-0.1, -0.05) is 20.8 Å². The monoisotopic (exact) mass is 509 g/mol. The molecule has 10 heteroatoms. The van der Waals surface area contributed by atoms with Crippen LogP contribution in [0.25, 0.3) is 0 Å². The Morgan fingerprint density at radius 1 is 1.22 bits per heavy atom. The number of benzene rings is 1. The van der Waals surface area contributed by atoms with Crippen molar-refractivity contribution in [2.75, 3.05) is 13.2 Å². The zero-order chi connectivity index (χ0) is 26.3. The van der Waals surface area contributed by atoms with E-state index in [0.29, 0.717) is 31.5 Å². The molecule has 1 saturated heterocycles. The van der Waals surface area contributed by atoms with Crippen molar-refractivity contribution in [3.8, 4) is 5.75 Å². The lowest BCUT2D eigenvalue weighted by Crippen LogP contribution is -2.42. The van der Waals surface area contributed by atoms with E-state index in [1.54, 1.807) is 6.07 Å². The van der Waals surface area contributed by atoms with Crippen LogP contribution in [0.1, 0.15) is 74.5 Å². The van der Waals surface area contributed by atoms with Crippen LogP contribution in [0.2, 0.25) is 0 Å². The van der Waals surface area contributed by atoms with Crippen molar-refractivity contribution in [3.05, 3.63) is 46.6 Å². The third-order valence-electron chi connectivity index (χ3n) is 6.94. The predicted molar refractivity (Wildman–Crippen MR) is 127 cm³/mol. The standard InChI is InChI=1S/C26H34F3N3O4/c1-24(2,3)21-14-22(32(31(21)4)15-18-7-5-12-35-18)30-23(33)19-13-17(26(27,28)29)8-9-20(19)36-16-25(34)10-6-11-25/h8-9,13-14,18,34H,5-7,10-12,15-16H2,1-4H3/b30-22+/t18-/m1/s1. The van der Waals surface area contributed by atoms with Crippen molar-refractivity contribution >= 4 is 5.91 Å². The molecule has 1 aliphatic carbocycles. The van der Waals surface area contributed by atoms with Crippen molar-refractivity contribution in [2.24, 2.45) is 12.0 Å². The van der Waals surface area contributed by atoms with Crippen LogP contribution in [0.4, 0.5) is 13.2 Å². The van der Waals surface area contributed by atoms with Gasteiger partial charge in [0, 0.05) is 30.8 Å². The molecular weight excluding hydrogens is 475 g/mol. The zero-order valence-electron chi connectivity index (χ0n) is 21.2. The van der Waals surface area contributed by atoms with E-state index in [0.717, 1.165) is 43.2 Å². The lowest BCUT2D eigenvalue weighted by Gasteiger charge is -2.36. The average Bonchev–Trinajstić information content (AvgIpc) is 3.39. The van der Waals surface area contributed by atoms with Gasteiger partial charge in [0.2, 0.25) is 0 Å². The van der Waals surface area contributed by atoms with Crippen molar-refractivity contribution in [2.45, 2.75) is 82.7 Å². The van der Waals surface area contributed by atoms with Crippen molar-refractivity contribution in [1.82, 2.24) is 9.36 Å². The molecule has 1 N–H and O–H groups in total. The number of carbonyl (C=O) groups is 1. The van der Waals surface area contributed by atoms with E-state index in [9.17, 15) is 23.1 Å². The number of nitrogens with zero attached hydrogens (tertiary/aromatic N) is 3. The predicted octanol–water partition coefficient (Wildman–Crippen LogP) is 4.36. The molecule has 1 atom stereocenters. The van der Waals surface area contributed by atoms with E-state index >= 15 is 0 Å². The van der Waals surface area contributed by atoms with Crippen molar-refractivity contribution < 1.29 is 32.5 Å². The van der Waals surface area contributed by atoms with Gasteiger partial charge in [0.25, 0.3) is 5.91 Å². The Kier molecular flexibility index (Phi) is 7.13. The molecule has 2 fully saturated rings. The first kappa shape index (κ1) is 26.5. The van der Waals surface area contributed by atoms with Crippen LogP contribution in [-0.2, 0) is 29.9 Å². The Hall–Kier alpha value is -2.59. The Morgan fingerprint density at radius 2 is 1.94 bits per heavy atom. The maximum Gasteiger partial charge on any atom is 0.416 e. The van der Waals surface area contributed by atoms with Gasteiger partial charge in [0.15, 0.2) is 5.49 Å². The topological polar surface area (TPSA) is 78.0 Å². The van der Waals surface area contributed by atoms with Gasteiger partial charge in [0.1, 0.15) is 12.4 Å². The number of hydrogen-bond acceptors (Lipinski definition) is 4. The van der Waals surface area contributed by atoms with Crippen LogP contribution < -0.4 is 10.2 Å². The summed E-state index contributed by atoms with van der Waals surface area (Å²) in [6.45, 7) is 7.15. The van der Waals surface area contributed by atoms with Crippen LogP contribution in [0, 0.1) is 0 Å². The minimum Gasteiger partial charge on any atom is -0.490 e. The quantitative estimate of drug-likeness (QED) is 0.628. The fraction of sp³-hybridized carbons (Fsp3) is 0.615. The van der Waals surface area contributed by atoms with E-state index in [1.807, 2.05) is 37.2 Å². The highest BCUT2D eigenvalue weighted by Gasteiger charge is 2.36. The molecule has 7 nitrogen and oxygen atoms in total. The number of rotatable bonds is 6. The summed E-state index contributed by atoms with van der Waals surface area (Å²) in [6.07, 6.45) is -0.894. The first-order valence-electron chi connectivity index (χ1n) is 12.3. The summed E-state index contributed by atoms with van der Waals surface area (Å²) in [7, 11) is 1.87. The molecule has 0 bridgehead atoms. The number of hydrogen-bond donors (Lipinski definition) is 1. The third kappa shape index (κ3) is 5.70. The van der Waals surface area contributed by atoms with Crippen molar-refractivity contribution in [3.63, 3.8) is 0 Å². The number of aliphatic hydroxyl groups is 1. The Balaban J connectivity index is 1.75. The lowest BCUT2D eigenvalue weighted by molar-refractivity contribution is -0.137. The van der Waals surface area contributed by atoms with E-state index in [4.69, 9.17) is 9.47 Å². The first-order chi connectivity index (χ1) is 16.8. The summed E-state index contributed by atoms with van der Waals surface area (Å²) in [5, 5.41) is 10.4. The molecule has 0 radical (unpaired) electrons. The molecule has 198 valence electrons. The molecule has 0 unspecified atom stereocenters. The minimum atomic E-state index is -4.63. The average molecular weight is 510 g/mol. The first-order valence-corrected chi connectivity index (χ1v) is 12.3.